The van der Waals surface area contributed by atoms with Crippen LogP contribution in [0.5, 0.6) is 11.5 Å². The lowest BCUT2D eigenvalue weighted by atomic mass is 10.1. The number of benzene rings is 1. The van der Waals surface area contributed by atoms with Crippen molar-refractivity contribution in [2.24, 2.45) is 0 Å². The fourth-order valence-electron chi connectivity index (χ4n) is 1.92. The smallest absolute Gasteiger partial charge is 0.185 e. The summed E-state index contributed by atoms with van der Waals surface area (Å²) in [6.45, 7) is 10.4. The third-order valence-electron chi connectivity index (χ3n) is 2.47. The molecular weight excluding hydrogens is 268 g/mol. The predicted molar refractivity (Wildman–Crippen MR) is 84.9 cm³/mol. The van der Waals surface area contributed by atoms with Gasteiger partial charge in [0.05, 0.1) is 19.8 Å². The van der Waals surface area contributed by atoms with E-state index in [2.05, 4.69) is 31.5 Å². The maximum absolute atomic E-state index is 6.07. The van der Waals surface area contributed by atoms with E-state index in [0.29, 0.717) is 0 Å². The predicted octanol–water partition coefficient (Wildman–Crippen LogP) is 3.69. The number of hydrogen-bond donors (Lipinski definition) is 0. The lowest BCUT2D eigenvalue weighted by molar-refractivity contribution is 0.164. The van der Waals surface area contributed by atoms with Crippen LogP contribution >= 0.6 is 0 Å². The van der Waals surface area contributed by atoms with Crippen LogP contribution < -0.4 is 9.47 Å². The topological polar surface area (TPSA) is 27.7 Å². The molecule has 1 aromatic carbocycles. The van der Waals surface area contributed by atoms with Gasteiger partial charge in [-0.3, -0.25) is 0 Å². The van der Waals surface area contributed by atoms with E-state index in [1.807, 2.05) is 32.0 Å². The quantitative estimate of drug-likeness (QED) is 0.626. The highest BCUT2D eigenvalue weighted by atomic mass is 28.4. The zero-order chi connectivity index (χ0) is 15.4. The van der Waals surface area contributed by atoms with Crippen molar-refractivity contribution in [2.45, 2.75) is 39.1 Å². The van der Waals surface area contributed by atoms with Gasteiger partial charge in [0.25, 0.3) is 0 Å². The Morgan fingerprint density at radius 2 is 1.70 bits per heavy atom. The van der Waals surface area contributed by atoms with Gasteiger partial charge in [-0.05, 0) is 51.7 Å². The van der Waals surface area contributed by atoms with Crippen LogP contribution in [0.2, 0.25) is 19.6 Å². The highest BCUT2D eigenvalue weighted by molar-refractivity contribution is 6.69. The SMILES string of the molecule is COc1ccc(OC)c(C#CC(C)(C)O[Si](C)(C)C)c1. The van der Waals surface area contributed by atoms with Crippen LogP contribution in [0.3, 0.4) is 0 Å². The first kappa shape index (κ1) is 16.6. The Kier molecular flexibility index (Phi) is 5.26. The van der Waals surface area contributed by atoms with E-state index in [9.17, 15) is 0 Å². The number of hydrogen-bond acceptors (Lipinski definition) is 3. The first-order valence-corrected chi connectivity index (χ1v) is 10.0. The summed E-state index contributed by atoms with van der Waals surface area (Å²) in [5.74, 6) is 7.83. The summed E-state index contributed by atoms with van der Waals surface area (Å²) < 4.78 is 16.6. The van der Waals surface area contributed by atoms with Crippen LogP contribution in [-0.4, -0.2) is 28.1 Å². The van der Waals surface area contributed by atoms with Gasteiger partial charge in [0.1, 0.15) is 17.1 Å². The van der Waals surface area contributed by atoms with Crippen molar-refractivity contribution >= 4 is 8.32 Å². The van der Waals surface area contributed by atoms with Crippen molar-refractivity contribution in [3.8, 4) is 23.3 Å². The van der Waals surface area contributed by atoms with Crippen LogP contribution in [0.1, 0.15) is 19.4 Å². The Balaban J connectivity index is 3.06. The van der Waals surface area contributed by atoms with Gasteiger partial charge in [-0.25, -0.2) is 0 Å². The molecule has 0 bridgehead atoms. The molecule has 0 aliphatic heterocycles. The Morgan fingerprint density at radius 1 is 1.05 bits per heavy atom. The van der Waals surface area contributed by atoms with Crippen LogP contribution in [0.4, 0.5) is 0 Å². The highest BCUT2D eigenvalue weighted by Crippen LogP contribution is 2.24. The minimum Gasteiger partial charge on any atom is -0.497 e. The van der Waals surface area contributed by atoms with Crippen molar-refractivity contribution in [3.05, 3.63) is 23.8 Å². The average Bonchev–Trinajstić information content (AvgIpc) is 2.33. The van der Waals surface area contributed by atoms with E-state index < -0.39 is 13.9 Å². The molecule has 0 spiro atoms. The van der Waals surface area contributed by atoms with Crippen LogP contribution in [0.25, 0.3) is 0 Å². The third kappa shape index (κ3) is 5.28. The fourth-order valence-corrected chi connectivity index (χ4v) is 3.50. The Bertz CT molecular complexity index is 519. The van der Waals surface area contributed by atoms with Crippen molar-refractivity contribution < 1.29 is 13.9 Å². The molecule has 0 aliphatic rings. The van der Waals surface area contributed by atoms with Gasteiger partial charge in [0.2, 0.25) is 0 Å². The standard InChI is InChI=1S/C16H24O3Si/c1-16(2,19-20(5,6)7)11-10-13-12-14(17-3)8-9-15(13)18-4/h8-9,12H,1-7H3. The van der Waals surface area contributed by atoms with Gasteiger partial charge in [0.15, 0.2) is 8.32 Å². The van der Waals surface area contributed by atoms with E-state index in [-0.39, 0.29) is 0 Å². The molecule has 3 nitrogen and oxygen atoms in total. The molecule has 0 heterocycles. The second kappa shape index (κ2) is 6.34. The van der Waals surface area contributed by atoms with Gasteiger partial charge in [-0.1, -0.05) is 11.8 Å². The molecule has 1 aromatic rings. The lowest BCUT2D eigenvalue weighted by Gasteiger charge is -2.28. The molecule has 0 atom stereocenters. The average molecular weight is 292 g/mol. The monoisotopic (exact) mass is 292 g/mol. The molecule has 0 saturated heterocycles. The molecule has 0 fully saturated rings. The maximum atomic E-state index is 6.07. The molecule has 1 rings (SSSR count). The van der Waals surface area contributed by atoms with E-state index in [1.165, 1.54) is 0 Å². The summed E-state index contributed by atoms with van der Waals surface area (Å²) in [7, 11) is 1.64. The Hall–Kier alpha value is -1.44. The van der Waals surface area contributed by atoms with Crippen LogP contribution in [-0.2, 0) is 4.43 Å². The van der Waals surface area contributed by atoms with E-state index >= 15 is 0 Å². The molecule has 0 N–H and O–H groups in total. The molecule has 0 radical (unpaired) electrons. The maximum Gasteiger partial charge on any atom is 0.185 e. The summed E-state index contributed by atoms with van der Waals surface area (Å²) in [6, 6.07) is 5.58. The Labute approximate surface area is 123 Å². The largest absolute Gasteiger partial charge is 0.497 e. The van der Waals surface area contributed by atoms with Crippen LogP contribution in [0, 0.1) is 11.8 Å². The fraction of sp³-hybridized carbons (Fsp3) is 0.500. The molecule has 0 aromatic heterocycles. The zero-order valence-corrected chi connectivity index (χ0v) is 14.5. The first-order valence-electron chi connectivity index (χ1n) is 6.62. The summed E-state index contributed by atoms with van der Waals surface area (Å²) >= 11 is 0. The van der Waals surface area contributed by atoms with Gasteiger partial charge in [-0.15, -0.1) is 0 Å². The Morgan fingerprint density at radius 3 is 2.20 bits per heavy atom. The summed E-state index contributed by atoms with van der Waals surface area (Å²) in [6.07, 6.45) is 0. The minimum atomic E-state index is -1.63. The second-order valence-electron chi connectivity index (χ2n) is 6.04. The molecule has 4 heteroatoms. The minimum absolute atomic E-state index is 0.474. The van der Waals surface area contributed by atoms with Crippen molar-refractivity contribution in [3.63, 3.8) is 0 Å². The number of methoxy groups -OCH3 is 2. The van der Waals surface area contributed by atoms with Gasteiger partial charge >= 0.3 is 0 Å². The van der Waals surface area contributed by atoms with Crippen LogP contribution in [0.15, 0.2) is 18.2 Å². The van der Waals surface area contributed by atoms with Gasteiger partial charge in [0, 0.05) is 0 Å². The van der Waals surface area contributed by atoms with E-state index in [0.717, 1.165) is 17.1 Å². The normalized spacial score (nSPS) is 11.6. The second-order valence-corrected chi connectivity index (χ2v) is 10.5. The van der Waals surface area contributed by atoms with Gasteiger partial charge < -0.3 is 13.9 Å². The molecule has 20 heavy (non-hydrogen) atoms. The summed E-state index contributed by atoms with van der Waals surface area (Å²) in [5.41, 5.74) is 0.331. The highest BCUT2D eigenvalue weighted by Gasteiger charge is 2.25. The first-order chi connectivity index (χ1) is 9.17. The van der Waals surface area contributed by atoms with E-state index in [1.54, 1.807) is 14.2 Å². The molecular formula is C16H24O3Si. The summed E-state index contributed by atoms with van der Waals surface area (Å²) in [4.78, 5) is 0. The summed E-state index contributed by atoms with van der Waals surface area (Å²) in [5, 5.41) is 0. The number of rotatable bonds is 4. The third-order valence-corrected chi connectivity index (χ3v) is 3.59. The van der Waals surface area contributed by atoms with Gasteiger partial charge in [-0.2, -0.15) is 0 Å². The molecule has 0 unspecified atom stereocenters. The zero-order valence-electron chi connectivity index (χ0n) is 13.5. The van der Waals surface area contributed by atoms with Crippen molar-refractivity contribution in [2.75, 3.05) is 14.2 Å². The lowest BCUT2D eigenvalue weighted by Crippen LogP contribution is -2.37. The van der Waals surface area contributed by atoms with Crippen molar-refractivity contribution in [1.29, 1.82) is 0 Å². The molecule has 0 amide bonds. The van der Waals surface area contributed by atoms with E-state index in [4.69, 9.17) is 13.9 Å². The molecule has 0 saturated carbocycles. The molecule has 110 valence electrons. The van der Waals surface area contributed by atoms with Crippen molar-refractivity contribution in [1.82, 2.24) is 0 Å². The number of ether oxygens (including phenoxy) is 2. The molecule has 0 aliphatic carbocycles.